The molecule has 19 heavy (non-hydrogen) atoms. The van der Waals surface area contributed by atoms with E-state index in [2.05, 4.69) is 34.6 Å². The summed E-state index contributed by atoms with van der Waals surface area (Å²) in [5.74, 6) is -3.65. The number of pyridine rings is 1. The van der Waals surface area contributed by atoms with Crippen LogP contribution in [0.1, 0.15) is 5.56 Å². The van der Waals surface area contributed by atoms with Gasteiger partial charge in [-0.2, -0.15) is 0 Å². The van der Waals surface area contributed by atoms with E-state index in [1.165, 1.54) is 10.9 Å². The van der Waals surface area contributed by atoms with E-state index in [0.717, 1.165) is 12.1 Å². The van der Waals surface area contributed by atoms with E-state index in [9.17, 15) is 0 Å². The van der Waals surface area contributed by atoms with E-state index in [4.69, 9.17) is 19.8 Å². The maximum absolute atomic E-state index is 9.10. The molecule has 0 unspecified atom stereocenters. The Balaban J connectivity index is 0.000000258. The minimum atomic E-state index is -1.82. The maximum Gasteiger partial charge on any atom is 0.414 e. The third-order valence-corrected chi connectivity index (χ3v) is 2.23. The molecule has 6 nitrogen and oxygen atoms in total. The summed E-state index contributed by atoms with van der Waals surface area (Å²) in [5, 5.41) is 19.1. The first-order chi connectivity index (χ1) is 9.04. The molecule has 0 spiro atoms. The molecule has 1 aromatic heterocycles. The number of carbonyl (C=O) groups is 2. The van der Waals surface area contributed by atoms with Crippen LogP contribution in [0.4, 0.5) is 0 Å². The standard InChI is InChI=1S/C11H12N2.C2H2O4/c1-12-8-9-4-5-11-10(7-9)3-2-6-13-11;3-1(4)2(5)6/h2-7,12H,8H2,1H3;(H,3,4)(H,5,6). The molecule has 6 heteroatoms. The van der Waals surface area contributed by atoms with E-state index < -0.39 is 11.9 Å². The van der Waals surface area contributed by atoms with Gasteiger partial charge in [0.2, 0.25) is 0 Å². The van der Waals surface area contributed by atoms with Crippen LogP contribution in [0, 0.1) is 0 Å². The Morgan fingerprint density at radius 1 is 1.21 bits per heavy atom. The predicted octanol–water partition coefficient (Wildman–Crippen LogP) is 1.11. The molecule has 3 N–H and O–H groups in total. The van der Waals surface area contributed by atoms with Crippen LogP contribution in [-0.4, -0.2) is 34.2 Å². The van der Waals surface area contributed by atoms with Crippen LogP contribution in [0.25, 0.3) is 10.9 Å². The van der Waals surface area contributed by atoms with Gasteiger partial charge in [0.1, 0.15) is 0 Å². The Labute approximate surface area is 109 Å². The summed E-state index contributed by atoms with van der Waals surface area (Å²) in [4.78, 5) is 22.5. The molecule has 0 aliphatic rings. The number of hydrogen-bond donors (Lipinski definition) is 3. The zero-order valence-corrected chi connectivity index (χ0v) is 10.3. The van der Waals surface area contributed by atoms with Crippen molar-refractivity contribution in [1.29, 1.82) is 0 Å². The lowest BCUT2D eigenvalue weighted by Gasteiger charge is -2.01. The second kappa shape index (κ2) is 7.07. The van der Waals surface area contributed by atoms with Crippen molar-refractivity contribution in [2.24, 2.45) is 0 Å². The number of aliphatic carboxylic acids is 2. The van der Waals surface area contributed by atoms with Crippen LogP contribution in [0.3, 0.4) is 0 Å². The molecule has 100 valence electrons. The fourth-order valence-electron chi connectivity index (χ4n) is 1.44. The van der Waals surface area contributed by atoms with E-state index in [-0.39, 0.29) is 0 Å². The van der Waals surface area contributed by atoms with Crippen LogP contribution >= 0.6 is 0 Å². The number of fused-ring (bicyclic) bond motifs is 1. The zero-order valence-electron chi connectivity index (χ0n) is 10.3. The smallest absolute Gasteiger partial charge is 0.414 e. The van der Waals surface area contributed by atoms with Gasteiger partial charge in [-0.1, -0.05) is 12.1 Å². The zero-order chi connectivity index (χ0) is 14.3. The highest BCUT2D eigenvalue weighted by Gasteiger charge is 2.04. The van der Waals surface area contributed by atoms with Crippen molar-refractivity contribution < 1.29 is 19.8 Å². The van der Waals surface area contributed by atoms with E-state index in [1.807, 2.05) is 19.3 Å². The summed E-state index contributed by atoms with van der Waals surface area (Å²) in [5.41, 5.74) is 2.35. The van der Waals surface area contributed by atoms with Gasteiger partial charge in [0.25, 0.3) is 0 Å². The van der Waals surface area contributed by atoms with Crippen molar-refractivity contribution in [2.75, 3.05) is 7.05 Å². The molecule has 0 aliphatic carbocycles. The first kappa shape index (κ1) is 14.6. The molecule has 1 heterocycles. The maximum atomic E-state index is 9.10. The lowest BCUT2D eigenvalue weighted by Crippen LogP contribution is -2.09. The molecule has 0 saturated carbocycles. The van der Waals surface area contributed by atoms with Gasteiger partial charge in [0.15, 0.2) is 0 Å². The van der Waals surface area contributed by atoms with Crippen LogP contribution in [0.2, 0.25) is 0 Å². The Morgan fingerprint density at radius 3 is 2.47 bits per heavy atom. The molecule has 2 aromatic rings. The Morgan fingerprint density at radius 2 is 1.89 bits per heavy atom. The number of aromatic nitrogens is 1. The number of benzene rings is 1. The highest BCUT2D eigenvalue weighted by Crippen LogP contribution is 2.12. The topological polar surface area (TPSA) is 99.5 Å². The lowest BCUT2D eigenvalue weighted by molar-refractivity contribution is -0.159. The molecule has 0 saturated heterocycles. The number of rotatable bonds is 2. The number of carboxylic acid groups (broad SMARTS) is 2. The second-order valence-electron chi connectivity index (χ2n) is 3.67. The minimum absolute atomic E-state index is 0.908. The molecule has 0 amide bonds. The SMILES string of the molecule is CNCc1ccc2ncccc2c1.O=C(O)C(=O)O. The molecule has 2 rings (SSSR count). The fraction of sp³-hybridized carbons (Fsp3) is 0.154. The van der Waals surface area contributed by atoms with Crippen molar-refractivity contribution >= 4 is 22.8 Å². The van der Waals surface area contributed by atoms with Crippen LogP contribution in [0.5, 0.6) is 0 Å². The number of hydrogen-bond acceptors (Lipinski definition) is 4. The first-order valence-corrected chi connectivity index (χ1v) is 5.49. The van der Waals surface area contributed by atoms with Gasteiger partial charge in [-0.3, -0.25) is 4.98 Å². The molecule has 0 radical (unpaired) electrons. The number of nitrogens with one attached hydrogen (secondary N) is 1. The number of carboxylic acids is 2. The van der Waals surface area contributed by atoms with Crippen LogP contribution in [-0.2, 0) is 16.1 Å². The second-order valence-corrected chi connectivity index (χ2v) is 3.67. The summed E-state index contributed by atoms with van der Waals surface area (Å²) >= 11 is 0. The van der Waals surface area contributed by atoms with Crippen LogP contribution in [0.15, 0.2) is 36.5 Å². The van der Waals surface area contributed by atoms with Gasteiger partial charge in [-0.25, -0.2) is 9.59 Å². The molecule has 0 fully saturated rings. The lowest BCUT2D eigenvalue weighted by atomic mass is 10.1. The average Bonchev–Trinajstić information content (AvgIpc) is 2.39. The van der Waals surface area contributed by atoms with E-state index >= 15 is 0 Å². The van der Waals surface area contributed by atoms with Crippen molar-refractivity contribution in [3.8, 4) is 0 Å². The average molecular weight is 262 g/mol. The first-order valence-electron chi connectivity index (χ1n) is 5.49. The normalized spacial score (nSPS) is 9.53. The molecular weight excluding hydrogens is 248 g/mol. The monoisotopic (exact) mass is 262 g/mol. The highest BCUT2D eigenvalue weighted by atomic mass is 16.4. The Hall–Kier alpha value is -2.47. The molecule has 0 atom stereocenters. The summed E-state index contributed by atoms with van der Waals surface area (Å²) in [6, 6.07) is 10.4. The Kier molecular flexibility index (Phi) is 5.43. The quantitative estimate of drug-likeness (QED) is 0.701. The van der Waals surface area contributed by atoms with Crippen LogP contribution < -0.4 is 5.32 Å². The third kappa shape index (κ3) is 4.72. The summed E-state index contributed by atoms with van der Waals surface area (Å²) in [6.45, 7) is 0.908. The molecule has 0 bridgehead atoms. The summed E-state index contributed by atoms with van der Waals surface area (Å²) in [6.07, 6.45) is 1.82. The van der Waals surface area contributed by atoms with Gasteiger partial charge >= 0.3 is 11.9 Å². The molecule has 1 aromatic carbocycles. The van der Waals surface area contributed by atoms with E-state index in [0.29, 0.717) is 0 Å². The fourth-order valence-corrected chi connectivity index (χ4v) is 1.44. The van der Waals surface area contributed by atoms with Crippen molar-refractivity contribution in [1.82, 2.24) is 10.3 Å². The highest BCUT2D eigenvalue weighted by molar-refractivity contribution is 6.27. The summed E-state index contributed by atoms with van der Waals surface area (Å²) < 4.78 is 0. The summed E-state index contributed by atoms with van der Waals surface area (Å²) in [7, 11) is 1.95. The van der Waals surface area contributed by atoms with E-state index in [1.54, 1.807) is 0 Å². The van der Waals surface area contributed by atoms with Gasteiger partial charge in [0, 0.05) is 18.1 Å². The molecular formula is C13H14N2O4. The van der Waals surface area contributed by atoms with Crippen molar-refractivity contribution in [2.45, 2.75) is 6.54 Å². The largest absolute Gasteiger partial charge is 0.473 e. The molecule has 0 aliphatic heterocycles. The van der Waals surface area contributed by atoms with Gasteiger partial charge in [0.05, 0.1) is 5.52 Å². The van der Waals surface area contributed by atoms with Crippen molar-refractivity contribution in [3.05, 3.63) is 42.1 Å². The van der Waals surface area contributed by atoms with Gasteiger partial charge < -0.3 is 15.5 Å². The van der Waals surface area contributed by atoms with Gasteiger partial charge in [-0.15, -0.1) is 0 Å². The third-order valence-electron chi connectivity index (χ3n) is 2.23. The number of nitrogens with zero attached hydrogens (tertiary/aromatic N) is 1. The minimum Gasteiger partial charge on any atom is -0.473 e. The van der Waals surface area contributed by atoms with Gasteiger partial charge in [-0.05, 0) is 30.8 Å². The predicted molar refractivity (Wildman–Crippen MR) is 69.8 cm³/mol. The van der Waals surface area contributed by atoms with Crippen molar-refractivity contribution in [3.63, 3.8) is 0 Å². The Bertz CT molecular complexity index is 572.